The molecule has 8 heterocycles. The first-order valence-electron chi connectivity index (χ1n) is 47.4. The highest BCUT2D eigenvalue weighted by molar-refractivity contribution is 7.27. The van der Waals surface area contributed by atoms with Crippen molar-refractivity contribution in [2.45, 2.75) is 19.3 Å². The second kappa shape index (κ2) is 34.6. The predicted octanol–water partition coefficient (Wildman–Crippen LogP) is 34.4. The van der Waals surface area contributed by atoms with Crippen LogP contribution in [0, 0.1) is 0 Å². The van der Waals surface area contributed by atoms with Gasteiger partial charge in [-0.05, 0) is 204 Å². The van der Waals surface area contributed by atoms with Gasteiger partial charge < -0.3 is 4.57 Å². The molecule has 8 aromatic heterocycles. The maximum Gasteiger partial charge on any atom is 0.235 e. The number of para-hydroxylation sites is 3. The number of nitrogens with zero attached hydrogens (tertiary/aromatic N) is 9. The zero-order chi connectivity index (χ0) is 92.9. The monoisotopic (exact) mass is 1820 g/mol. The standard InChI is InChI=1S/C46H29N3S.C43H31N3.C40H25N3S/c1-2-9-30(10-3-1)31-17-19-32(20-18-31)34-11-8-12-35(29-34)40-27-28-47-46(48-40)33-21-23-36(24-22-33)49-41-15-6-4-14-39(41)44-42(49)26-25-38-37-13-5-7-16-43(37)50-45(38)44;1-43(2)37-17-8-6-15-33(37)35-26-36-34-16-7-9-18-40(34)46(41(36)27-38(35)43)42-44-24-23-39(45-42)30-21-19-29(20-22-30)32-14-10-13-31(25-32)28-11-4-3-5-12-28;1-2-9-26(10-3-1)29-11-8-12-30(25-29)27-17-19-28(20-18-27)34-23-24-41-40(42-34)43-35-15-6-4-14-33(35)38-36(43)22-21-32-31-13-5-7-16-37(31)44-39(32)38/h1-29H;3-27H,1-2H3;1-25H. The molecule has 0 saturated carbocycles. The van der Waals surface area contributed by atoms with Crippen molar-refractivity contribution in [2.75, 3.05) is 0 Å². The van der Waals surface area contributed by atoms with Crippen LogP contribution in [0.2, 0.25) is 0 Å². The van der Waals surface area contributed by atoms with Crippen LogP contribution in [0.4, 0.5) is 0 Å². The second-order valence-electron chi connectivity index (χ2n) is 36.4. The van der Waals surface area contributed by atoms with E-state index in [0.29, 0.717) is 17.7 Å². The summed E-state index contributed by atoms with van der Waals surface area (Å²) in [7, 11) is 0. The van der Waals surface area contributed by atoms with Crippen molar-refractivity contribution < 1.29 is 0 Å². The fourth-order valence-electron chi connectivity index (χ4n) is 21.0. The number of thiophene rings is 2. The van der Waals surface area contributed by atoms with E-state index in [4.69, 9.17) is 24.9 Å². The van der Waals surface area contributed by atoms with E-state index in [1.807, 2.05) is 65.5 Å². The number of aromatic nitrogens is 9. The van der Waals surface area contributed by atoms with Crippen molar-refractivity contribution in [3.63, 3.8) is 0 Å². The molecule has 658 valence electrons. The molecule has 0 atom stereocenters. The Morgan fingerprint density at radius 2 is 0.564 bits per heavy atom. The zero-order valence-electron chi connectivity index (χ0n) is 76.5. The van der Waals surface area contributed by atoms with Crippen molar-refractivity contribution >= 4 is 128 Å². The van der Waals surface area contributed by atoms with Crippen LogP contribution in [0.25, 0.3) is 246 Å². The summed E-state index contributed by atoms with van der Waals surface area (Å²) in [5.74, 6) is 2.06. The topological polar surface area (TPSA) is 92.1 Å². The van der Waals surface area contributed by atoms with Gasteiger partial charge in [0.25, 0.3) is 0 Å². The summed E-state index contributed by atoms with van der Waals surface area (Å²) in [5.41, 5.74) is 34.5. The summed E-state index contributed by atoms with van der Waals surface area (Å²) >= 11 is 3.74. The van der Waals surface area contributed by atoms with E-state index in [2.05, 4.69) is 469 Å². The maximum absolute atomic E-state index is 5.16. The van der Waals surface area contributed by atoms with Gasteiger partial charge in [-0.15, -0.1) is 22.7 Å². The van der Waals surface area contributed by atoms with Crippen LogP contribution in [-0.4, -0.2) is 43.6 Å². The van der Waals surface area contributed by atoms with Crippen molar-refractivity contribution in [3.05, 3.63) is 491 Å². The molecule has 27 aromatic rings. The lowest BCUT2D eigenvalue weighted by molar-refractivity contribution is 0.661. The van der Waals surface area contributed by atoms with Gasteiger partial charge in [0.05, 0.1) is 50.2 Å². The number of hydrogen-bond acceptors (Lipinski definition) is 8. The summed E-state index contributed by atoms with van der Waals surface area (Å²) in [6.07, 6.45) is 5.60. The van der Waals surface area contributed by atoms with Crippen LogP contribution < -0.4 is 0 Å². The quantitative estimate of drug-likeness (QED) is 0.114. The molecular weight excluding hydrogens is 1740 g/mol. The minimum absolute atomic E-state index is 0.0908. The highest BCUT2D eigenvalue weighted by Crippen LogP contribution is 2.52. The highest BCUT2D eigenvalue weighted by atomic mass is 32.1. The summed E-state index contributed by atoms with van der Waals surface area (Å²) < 4.78 is 12.1. The first-order chi connectivity index (χ1) is 69.2. The Balaban J connectivity index is 0.000000108. The molecule has 11 heteroatoms. The smallest absolute Gasteiger partial charge is 0.235 e. The first kappa shape index (κ1) is 82.9. The molecule has 0 unspecified atom stereocenters. The average molecular weight is 1830 g/mol. The highest BCUT2D eigenvalue weighted by Gasteiger charge is 2.37. The predicted molar refractivity (Wildman–Crippen MR) is 587 cm³/mol. The Kier molecular flexibility index (Phi) is 20.5. The molecule has 0 spiro atoms. The summed E-state index contributed by atoms with van der Waals surface area (Å²) in [6.45, 7) is 4.66. The van der Waals surface area contributed by atoms with Gasteiger partial charge in [0.2, 0.25) is 11.9 Å². The normalized spacial score (nSPS) is 12.1. The Labute approximate surface area is 816 Å². The third-order valence-electron chi connectivity index (χ3n) is 27.9. The van der Waals surface area contributed by atoms with Crippen molar-refractivity contribution in [1.29, 1.82) is 0 Å². The molecule has 1 aliphatic carbocycles. The SMILES string of the molecule is CC1(C)c2ccccc2-c2cc3c4ccccc4n(-c4nccc(-c5ccc(-c6cccc(-c7ccccc7)c6)cc5)n4)c3cc21.c1ccc(-c2ccc(-c3cccc(-c4ccnc(-c5ccc(-n6c7ccccc7c7c8sc9ccccc9c8ccc76)cc5)n4)c3)cc2)cc1.c1ccc(-c2cccc(-c3ccc(-c4ccnc(-n5c6ccccc6c6c7sc8ccccc8c7ccc65)n4)cc3)c2)cc1. The molecule has 9 nitrogen and oxygen atoms in total. The van der Waals surface area contributed by atoms with Crippen LogP contribution in [-0.2, 0) is 5.41 Å². The lowest BCUT2D eigenvalue weighted by Crippen LogP contribution is -2.15. The van der Waals surface area contributed by atoms with Gasteiger partial charge in [-0.1, -0.05) is 360 Å². The molecule has 140 heavy (non-hydrogen) atoms. The molecule has 0 bridgehead atoms. The summed E-state index contributed by atoms with van der Waals surface area (Å²) in [4.78, 5) is 29.6. The van der Waals surface area contributed by atoms with E-state index in [-0.39, 0.29) is 5.41 Å². The summed E-state index contributed by atoms with van der Waals surface area (Å²) in [5, 5.41) is 12.7. The van der Waals surface area contributed by atoms with Gasteiger partial charge in [-0.2, -0.15) is 0 Å². The minimum atomic E-state index is -0.0908. The number of benzene rings is 19. The van der Waals surface area contributed by atoms with E-state index in [1.54, 1.807) is 0 Å². The van der Waals surface area contributed by atoms with Gasteiger partial charge >= 0.3 is 0 Å². The largest absolute Gasteiger partial charge is 0.309 e. The fraction of sp³-hybridized carbons (Fsp3) is 0.0233. The Hall–Kier alpha value is -17.7. The van der Waals surface area contributed by atoms with Crippen molar-refractivity contribution in [2.24, 2.45) is 0 Å². The Morgan fingerprint density at radius 3 is 1.07 bits per heavy atom. The van der Waals surface area contributed by atoms with E-state index >= 15 is 0 Å². The number of rotatable bonds is 13. The van der Waals surface area contributed by atoms with Crippen molar-refractivity contribution in [3.8, 4) is 141 Å². The molecule has 0 radical (unpaired) electrons. The molecule has 28 rings (SSSR count). The van der Waals surface area contributed by atoms with Gasteiger partial charge in [0, 0.05) is 125 Å². The Morgan fingerprint density at radius 1 is 0.207 bits per heavy atom. The van der Waals surface area contributed by atoms with E-state index < -0.39 is 0 Å². The minimum Gasteiger partial charge on any atom is -0.309 e. The molecule has 0 amide bonds. The fourth-order valence-corrected chi connectivity index (χ4v) is 23.5. The van der Waals surface area contributed by atoms with Crippen molar-refractivity contribution in [1.82, 2.24) is 43.6 Å². The lowest BCUT2D eigenvalue weighted by atomic mass is 9.82. The van der Waals surface area contributed by atoms with Crippen LogP contribution in [0.1, 0.15) is 25.0 Å². The van der Waals surface area contributed by atoms with Crippen LogP contribution >= 0.6 is 22.7 Å². The molecular formula is C129H85N9S2. The van der Waals surface area contributed by atoms with Crippen LogP contribution in [0.15, 0.2) is 480 Å². The van der Waals surface area contributed by atoms with E-state index in [0.717, 1.165) is 72.7 Å². The molecule has 1 aliphatic rings. The average Bonchev–Trinajstić information content (AvgIpc) is 1.55. The first-order valence-corrected chi connectivity index (χ1v) is 49.0. The third-order valence-corrected chi connectivity index (χ3v) is 30.3. The molecule has 0 saturated heterocycles. The molecule has 19 aromatic carbocycles. The second-order valence-corrected chi connectivity index (χ2v) is 38.5. The molecule has 0 fully saturated rings. The molecule has 0 aliphatic heterocycles. The lowest BCUT2D eigenvalue weighted by Gasteiger charge is -2.21. The summed E-state index contributed by atoms with van der Waals surface area (Å²) in [6, 6.07) is 164. The number of hydrogen-bond donors (Lipinski definition) is 0. The van der Waals surface area contributed by atoms with Crippen LogP contribution in [0.3, 0.4) is 0 Å². The third kappa shape index (κ3) is 14.6. The molecule has 0 N–H and O–H groups in total. The van der Waals surface area contributed by atoms with Gasteiger partial charge in [-0.25, -0.2) is 29.9 Å². The van der Waals surface area contributed by atoms with Gasteiger partial charge in [0.15, 0.2) is 5.82 Å². The van der Waals surface area contributed by atoms with Crippen LogP contribution in [0.5, 0.6) is 0 Å². The number of fused-ring (bicyclic) bond motifs is 20. The maximum atomic E-state index is 5.16. The van der Waals surface area contributed by atoms with Gasteiger partial charge in [0.1, 0.15) is 0 Å². The Bertz CT molecular complexity index is 9510. The van der Waals surface area contributed by atoms with Gasteiger partial charge in [-0.3, -0.25) is 9.13 Å². The van der Waals surface area contributed by atoms with E-state index in [1.165, 1.54) is 167 Å². The zero-order valence-corrected chi connectivity index (χ0v) is 78.1. The van der Waals surface area contributed by atoms with E-state index in [9.17, 15) is 0 Å².